The minimum absolute atomic E-state index is 0.167. The van der Waals surface area contributed by atoms with Gasteiger partial charge in [0.05, 0.1) is 12.5 Å². The first-order valence-corrected chi connectivity index (χ1v) is 6.12. The molecule has 0 spiro atoms. The van der Waals surface area contributed by atoms with Crippen molar-refractivity contribution in [3.05, 3.63) is 0 Å². The molecular weight excluding hydrogens is 242 g/mol. The van der Waals surface area contributed by atoms with Gasteiger partial charge in [-0.15, -0.1) is 0 Å². The molecular formula is C6H13Cl3O2S. The average molecular weight is 256 g/mol. The van der Waals surface area contributed by atoms with Crippen molar-refractivity contribution in [3.8, 4) is 0 Å². The Kier molecular flexibility index (Phi) is 22.3. The Labute approximate surface area is 91.7 Å². The summed E-state index contributed by atoms with van der Waals surface area (Å²) in [4.78, 5) is 9.44. The zero-order valence-corrected chi connectivity index (χ0v) is 10.5. The predicted molar refractivity (Wildman–Crippen MR) is 57.7 cm³/mol. The fourth-order valence-corrected chi connectivity index (χ4v) is 0. The Hall–Kier alpha value is 0.850. The van der Waals surface area contributed by atoms with Gasteiger partial charge >= 0.3 is 0 Å². The lowest BCUT2D eigenvalue weighted by atomic mass is 10.6. The molecule has 0 heterocycles. The van der Waals surface area contributed by atoms with E-state index in [1.807, 2.05) is 0 Å². The fraction of sp³-hybridized carbons (Fsp3) is 0.833. The maximum Gasteiger partial charge on any atom is 0.180 e. The van der Waals surface area contributed by atoms with E-state index in [9.17, 15) is 9.35 Å². The third-order valence-electron chi connectivity index (χ3n) is 0. The van der Waals surface area contributed by atoms with E-state index < -0.39 is 15.5 Å². The summed E-state index contributed by atoms with van der Waals surface area (Å²) in [5, 5.41) is 0. The lowest BCUT2D eigenvalue weighted by Crippen LogP contribution is -1.86. The Bertz CT molecular complexity index is 83.3. The molecule has 0 unspecified atom stereocenters. The smallest absolute Gasteiger partial charge is 0.180 e. The van der Waals surface area contributed by atoms with Crippen molar-refractivity contribution in [1.82, 2.24) is 0 Å². The zero-order valence-electron chi connectivity index (χ0n) is 7.44. The van der Waals surface area contributed by atoms with Crippen LogP contribution in [-0.4, -0.2) is 27.1 Å². The largest absolute Gasteiger partial charge is 0.617 e. The van der Waals surface area contributed by atoms with Crippen LogP contribution in [0.4, 0.5) is 0 Å². The van der Waals surface area contributed by atoms with E-state index in [0.29, 0.717) is 0 Å². The third-order valence-corrected chi connectivity index (χ3v) is 0. The predicted octanol–water partition coefficient (Wildman–Crippen LogP) is 2.58. The first-order valence-electron chi connectivity index (χ1n) is 2.84. The number of ketones is 1. The highest BCUT2D eigenvalue weighted by molar-refractivity contribution is 7.89. The summed E-state index contributed by atoms with van der Waals surface area (Å²) in [5.74, 6) is 0.167. The van der Waals surface area contributed by atoms with Gasteiger partial charge in [-0.3, -0.25) is 0 Å². The van der Waals surface area contributed by atoms with E-state index >= 15 is 0 Å². The van der Waals surface area contributed by atoms with Crippen LogP contribution >= 0.6 is 34.8 Å². The van der Waals surface area contributed by atoms with Crippen molar-refractivity contribution < 1.29 is 9.35 Å². The molecule has 76 valence electrons. The third kappa shape index (κ3) is 1460. The molecule has 0 rings (SSSR count). The number of carbonyl (C=O) groups excluding carboxylic acids is 1. The van der Waals surface area contributed by atoms with Crippen LogP contribution in [0.5, 0.6) is 0 Å². The highest BCUT2D eigenvalue weighted by atomic mass is 35.6. The SMILES string of the molecule is CC(C)=O.C[S+](C)[O-].ClC(Cl)Cl. The number of hydrogen-bond donors (Lipinski definition) is 0. The van der Waals surface area contributed by atoms with Crippen LogP contribution in [0.3, 0.4) is 0 Å². The standard InChI is InChI=1S/C3H6O.C2H6OS.CHCl3/c1-3(2)4;1-4(2)3;2-1(3)4/h2*1-2H3;1H. The quantitative estimate of drug-likeness (QED) is 0.493. The Morgan fingerprint density at radius 2 is 1.25 bits per heavy atom. The molecule has 0 aromatic heterocycles. The van der Waals surface area contributed by atoms with Crippen LogP contribution < -0.4 is 0 Å². The molecule has 0 aromatic carbocycles. The molecule has 0 radical (unpaired) electrons. The molecule has 0 aromatic rings. The van der Waals surface area contributed by atoms with Crippen LogP contribution in [-0.2, 0) is 16.0 Å². The second-order valence-corrected chi connectivity index (χ2v) is 5.36. The van der Waals surface area contributed by atoms with E-state index in [4.69, 9.17) is 34.8 Å². The maximum absolute atomic E-state index is 9.56. The molecule has 0 fully saturated rings. The minimum Gasteiger partial charge on any atom is -0.617 e. The summed E-state index contributed by atoms with van der Waals surface area (Å²) in [6, 6.07) is 0. The van der Waals surface area contributed by atoms with Gasteiger partial charge in [0.15, 0.2) is 4.30 Å². The lowest BCUT2D eigenvalue weighted by Gasteiger charge is -1.87. The van der Waals surface area contributed by atoms with Gasteiger partial charge in [0.25, 0.3) is 0 Å². The summed E-state index contributed by atoms with van der Waals surface area (Å²) in [6.07, 6.45) is 3.28. The van der Waals surface area contributed by atoms with Gasteiger partial charge in [-0.1, -0.05) is 46.0 Å². The Balaban J connectivity index is -0.000000101. The van der Waals surface area contributed by atoms with Crippen LogP contribution in [0.2, 0.25) is 0 Å². The first-order chi connectivity index (χ1) is 5.20. The number of alkyl halides is 3. The molecule has 12 heavy (non-hydrogen) atoms. The van der Waals surface area contributed by atoms with Crippen LogP contribution in [0.15, 0.2) is 0 Å². The Morgan fingerprint density at radius 3 is 1.25 bits per heavy atom. The zero-order chi connectivity index (χ0) is 10.7. The molecule has 0 aliphatic rings. The number of carbonyl (C=O) groups is 1. The minimum atomic E-state index is -0.750. The summed E-state index contributed by atoms with van der Waals surface area (Å²) in [6.45, 7) is 3.06. The number of halogens is 3. The second kappa shape index (κ2) is 14.4. The van der Waals surface area contributed by atoms with Gasteiger partial charge in [0, 0.05) is 0 Å². The van der Waals surface area contributed by atoms with E-state index in [1.165, 1.54) is 13.8 Å². The van der Waals surface area contributed by atoms with Gasteiger partial charge in [0.2, 0.25) is 0 Å². The highest BCUT2D eigenvalue weighted by Gasteiger charge is 1.78. The summed E-state index contributed by atoms with van der Waals surface area (Å²) in [7, 11) is 0. The van der Waals surface area contributed by atoms with Crippen molar-refractivity contribution in [2.45, 2.75) is 18.1 Å². The lowest BCUT2D eigenvalue weighted by molar-refractivity contribution is -0.114. The molecule has 0 saturated heterocycles. The Morgan fingerprint density at radius 1 is 1.25 bits per heavy atom. The van der Waals surface area contributed by atoms with Gasteiger partial charge in [-0.2, -0.15) is 0 Å². The number of hydrogen-bond acceptors (Lipinski definition) is 2. The van der Waals surface area contributed by atoms with Crippen molar-refractivity contribution in [3.63, 3.8) is 0 Å². The van der Waals surface area contributed by atoms with Gasteiger partial charge < -0.3 is 9.35 Å². The van der Waals surface area contributed by atoms with Gasteiger partial charge in [0.1, 0.15) is 5.78 Å². The highest BCUT2D eigenvalue weighted by Crippen LogP contribution is 2.03. The van der Waals surface area contributed by atoms with Crippen LogP contribution in [0.25, 0.3) is 0 Å². The molecule has 0 amide bonds. The average Bonchev–Trinajstić information content (AvgIpc) is 1.54. The van der Waals surface area contributed by atoms with Crippen LogP contribution in [0.1, 0.15) is 13.8 Å². The monoisotopic (exact) mass is 254 g/mol. The first kappa shape index (κ1) is 18.6. The molecule has 0 aliphatic carbocycles. The van der Waals surface area contributed by atoms with Crippen molar-refractivity contribution >= 4 is 51.8 Å². The van der Waals surface area contributed by atoms with E-state index in [0.717, 1.165) is 0 Å². The fourth-order valence-electron chi connectivity index (χ4n) is 0. The normalized spacial score (nSPS) is 8.17. The van der Waals surface area contributed by atoms with Gasteiger partial charge in [-0.25, -0.2) is 0 Å². The van der Waals surface area contributed by atoms with Crippen molar-refractivity contribution in [2.75, 3.05) is 12.5 Å². The summed E-state index contributed by atoms with van der Waals surface area (Å²) >= 11 is 13.8. The molecule has 0 aliphatic heterocycles. The summed E-state index contributed by atoms with van der Waals surface area (Å²) < 4.78 is 8.81. The van der Waals surface area contributed by atoms with E-state index in [1.54, 1.807) is 12.5 Å². The number of rotatable bonds is 0. The van der Waals surface area contributed by atoms with Crippen LogP contribution in [0, 0.1) is 0 Å². The molecule has 0 saturated carbocycles. The molecule has 6 heteroatoms. The van der Waals surface area contributed by atoms with E-state index in [2.05, 4.69) is 0 Å². The van der Waals surface area contributed by atoms with Gasteiger partial charge in [-0.05, 0) is 13.8 Å². The topological polar surface area (TPSA) is 40.1 Å². The maximum atomic E-state index is 9.56. The molecule has 0 N–H and O–H groups in total. The molecule has 0 atom stereocenters. The van der Waals surface area contributed by atoms with E-state index in [-0.39, 0.29) is 5.78 Å². The molecule has 2 nitrogen and oxygen atoms in total. The van der Waals surface area contributed by atoms with Crippen molar-refractivity contribution in [1.29, 1.82) is 0 Å². The van der Waals surface area contributed by atoms with Crippen molar-refractivity contribution in [2.24, 2.45) is 0 Å². The summed E-state index contributed by atoms with van der Waals surface area (Å²) in [5.41, 5.74) is 0. The number of Topliss-reactive ketones (excluding diaryl/α,β-unsaturated/α-hetero) is 1. The molecule has 0 bridgehead atoms. The second-order valence-electron chi connectivity index (χ2n) is 1.90.